The minimum atomic E-state index is 0.0464. The molecule has 1 saturated carbocycles. The van der Waals surface area contributed by atoms with Crippen molar-refractivity contribution in [2.45, 2.75) is 38.6 Å². The van der Waals surface area contributed by atoms with E-state index in [9.17, 15) is 4.79 Å². The van der Waals surface area contributed by atoms with Crippen LogP contribution in [0.5, 0.6) is 0 Å². The second-order valence-electron chi connectivity index (χ2n) is 7.28. The molecule has 2 heterocycles. The smallest absolute Gasteiger partial charge is 0.219 e. The Morgan fingerprint density at radius 1 is 1.19 bits per heavy atom. The zero-order valence-electron chi connectivity index (χ0n) is 15.9. The summed E-state index contributed by atoms with van der Waals surface area (Å²) in [5, 5.41) is 3.52. The third-order valence-electron chi connectivity index (χ3n) is 5.40. The lowest BCUT2D eigenvalue weighted by atomic mass is 10.1. The first-order valence-corrected chi connectivity index (χ1v) is 9.38. The normalized spacial score (nSPS) is 14.8. The van der Waals surface area contributed by atoms with Crippen LogP contribution in [-0.4, -0.2) is 27.8 Å². The fourth-order valence-electron chi connectivity index (χ4n) is 3.42. The van der Waals surface area contributed by atoms with Crippen molar-refractivity contribution < 1.29 is 4.79 Å². The monoisotopic (exact) mass is 360 g/mol. The Morgan fingerprint density at radius 2 is 1.93 bits per heavy atom. The molecule has 1 N–H and O–H groups in total. The molecule has 3 aromatic rings. The van der Waals surface area contributed by atoms with Gasteiger partial charge in [0.05, 0.1) is 29.0 Å². The summed E-state index contributed by atoms with van der Waals surface area (Å²) in [5.74, 6) is 0.630. The summed E-state index contributed by atoms with van der Waals surface area (Å²) in [7, 11) is 1.83. The lowest BCUT2D eigenvalue weighted by Gasteiger charge is -2.24. The first-order chi connectivity index (χ1) is 13.0. The third-order valence-corrected chi connectivity index (χ3v) is 5.40. The molecule has 1 fully saturated rings. The highest BCUT2D eigenvalue weighted by atomic mass is 16.2. The van der Waals surface area contributed by atoms with Crippen molar-refractivity contribution in [3.8, 4) is 0 Å². The van der Waals surface area contributed by atoms with Gasteiger partial charge in [0.1, 0.15) is 0 Å². The predicted octanol–water partition coefficient (Wildman–Crippen LogP) is 4.79. The minimum absolute atomic E-state index is 0.0464. The van der Waals surface area contributed by atoms with E-state index in [1.807, 2.05) is 38.5 Å². The van der Waals surface area contributed by atoms with Gasteiger partial charge < -0.3 is 10.2 Å². The van der Waals surface area contributed by atoms with Crippen LogP contribution < -0.4 is 5.32 Å². The molecule has 1 amide bonds. The van der Waals surface area contributed by atoms with E-state index in [0.717, 1.165) is 28.0 Å². The number of hydrogen-bond donors (Lipinski definition) is 1. The minimum Gasteiger partial charge on any atom is -0.354 e. The molecule has 1 atom stereocenters. The van der Waals surface area contributed by atoms with Crippen molar-refractivity contribution in [3.63, 3.8) is 0 Å². The van der Waals surface area contributed by atoms with E-state index < -0.39 is 0 Å². The topological polar surface area (TPSA) is 58.1 Å². The average Bonchev–Trinajstić information content (AvgIpc) is 3.52. The summed E-state index contributed by atoms with van der Waals surface area (Å²) in [5.41, 5.74) is 6.37. The molecular formula is C22H24N4O. The van der Waals surface area contributed by atoms with Crippen LogP contribution in [-0.2, 0) is 4.79 Å². The average molecular weight is 360 g/mol. The van der Waals surface area contributed by atoms with Crippen LogP contribution in [0.15, 0.2) is 48.8 Å². The molecule has 1 aliphatic carbocycles. The third kappa shape index (κ3) is 3.50. The van der Waals surface area contributed by atoms with E-state index in [2.05, 4.69) is 39.6 Å². The Hall–Kier alpha value is -2.95. The van der Waals surface area contributed by atoms with E-state index in [1.165, 1.54) is 18.4 Å². The number of nitrogens with zero attached hydrogens (tertiary/aromatic N) is 3. The fourth-order valence-corrected chi connectivity index (χ4v) is 3.42. The Bertz CT molecular complexity index is 979. The quantitative estimate of drug-likeness (QED) is 0.711. The number of carbonyl (C=O) groups is 1. The fraction of sp³-hybridized carbons (Fsp3) is 0.318. The van der Waals surface area contributed by atoms with Crippen LogP contribution in [0, 0.1) is 0 Å². The molecule has 27 heavy (non-hydrogen) atoms. The SMILES string of the molecule is CC(=O)N(C)C(C)c1ccc(Nc2cnc3cccnc3c2C2CC2)cc1. The van der Waals surface area contributed by atoms with Gasteiger partial charge in [-0.25, -0.2) is 0 Å². The van der Waals surface area contributed by atoms with Crippen LogP contribution in [0.3, 0.4) is 0 Å². The highest BCUT2D eigenvalue weighted by Crippen LogP contribution is 2.46. The van der Waals surface area contributed by atoms with Crippen molar-refractivity contribution in [1.82, 2.24) is 14.9 Å². The number of pyridine rings is 2. The molecule has 0 radical (unpaired) electrons. The molecular weight excluding hydrogens is 336 g/mol. The molecule has 0 saturated heterocycles. The van der Waals surface area contributed by atoms with Gasteiger partial charge in [0, 0.05) is 31.4 Å². The summed E-state index contributed by atoms with van der Waals surface area (Å²) in [6, 6.07) is 12.2. The summed E-state index contributed by atoms with van der Waals surface area (Å²) < 4.78 is 0. The molecule has 0 aliphatic heterocycles. The number of amides is 1. The Labute approximate surface area is 159 Å². The Kier molecular flexibility index (Phi) is 4.52. The number of aromatic nitrogens is 2. The van der Waals surface area contributed by atoms with E-state index in [4.69, 9.17) is 0 Å². The van der Waals surface area contributed by atoms with Crippen LogP contribution >= 0.6 is 0 Å². The zero-order valence-corrected chi connectivity index (χ0v) is 15.9. The van der Waals surface area contributed by atoms with Crippen LogP contribution in [0.1, 0.15) is 49.8 Å². The molecule has 0 spiro atoms. The highest BCUT2D eigenvalue weighted by molar-refractivity contribution is 5.85. The molecule has 0 bridgehead atoms. The standard InChI is InChI=1S/C22H24N4O/c1-14(26(3)15(2)27)16-8-10-18(11-9-16)25-20-13-24-19-5-4-12-23-22(19)21(20)17-6-7-17/h4-5,8-14,17,25H,6-7H2,1-3H3. The van der Waals surface area contributed by atoms with Gasteiger partial charge in [-0.1, -0.05) is 12.1 Å². The maximum absolute atomic E-state index is 11.6. The van der Waals surface area contributed by atoms with Crippen LogP contribution in [0.2, 0.25) is 0 Å². The lowest BCUT2D eigenvalue weighted by molar-refractivity contribution is -0.129. The van der Waals surface area contributed by atoms with E-state index in [1.54, 1.807) is 11.8 Å². The second-order valence-corrected chi connectivity index (χ2v) is 7.28. The van der Waals surface area contributed by atoms with E-state index in [-0.39, 0.29) is 11.9 Å². The summed E-state index contributed by atoms with van der Waals surface area (Å²) in [4.78, 5) is 22.5. The van der Waals surface area contributed by atoms with Crippen molar-refractivity contribution in [2.75, 3.05) is 12.4 Å². The van der Waals surface area contributed by atoms with Crippen molar-refractivity contribution in [2.24, 2.45) is 0 Å². The number of hydrogen-bond acceptors (Lipinski definition) is 4. The van der Waals surface area contributed by atoms with Crippen LogP contribution in [0.25, 0.3) is 11.0 Å². The molecule has 1 aliphatic rings. The van der Waals surface area contributed by atoms with Crippen LogP contribution in [0.4, 0.5) is 11.4 Å². The van der Waals surface area contributed by atoms with Gasteiger partial charge in [-0.2, -0.15) is 0 Å². The van der Waals surface area contributed by atoms with Crippen molar-refractivity contribution >= 4 is 28.3 Å². The largest absolute Gasteiger partial charge is 0.354 e. The molecule has 4 rings (SSSR count). The number of fused-ring (bicyclic) bond motifs is 1. The first-order valence-electron chi connectivity index (χ1n) is 9.38. The molecule has 5 heteroatoms. The highest BCUT2D eigenvalue weighted by Gasteiger charge is 2.29. The van der Waals surface area contributed by atoms with Gasteiger partial charge in [-0.15, -0.1) is 0 Å². The number of nitrogens with one attached hydrogen (secondary N) is 1. The Balaban J connectivity index is 1.61. The number of benzene rings is 1. The number of rotatable bonds is 5. The summed E-state index contributed by atoms with van der Waals surface area (Å²) in [6.07, 6.45) is 6.16. The van der Waals surface area contributed by atoms with Gasteiger partial charge in [0.25, 0.3) is 0 Å². The molecule has 1 unspecified atom stereocenters. The van der Waals surface area contributed by atoms with Gasteiger partial charge in [0.2, 0.25) is 5.91 Å². The number of anilines is 2. The van der Waals surface area contributed by atoms with Gasteiger partial charge in [-0.3, -0.25) is 14.8 Å². The van der Waals surface area contributed by atoms with Gasteiger partial charge in [0.15, 0.2) is 0 Å². The maximum Gasteiger partial charge on any atom is 0.219 e. The van der Waals surface area contributed by atoms with E-state index in [0.29, 0.717) is 5.92 Å². The molecule has 5 nitrogen and oxygen atoms in total. The maximum atomic E-state index is 11.6. The molecule has 2 aromatic heterocycles. The predicted molar refractivity (Wildman–Crippen MR) is 108 cm³/mol. The Morgan fingerprint density at radius 3 is 2.59 bits per heavy atom. The van der Waals surface area contributed by atoms with Gasteiger partial charge in [-0.05, 0) is 55.5 Å². The zero-order chi connectivity index (χ0) is 19.0. The van der Waals surface area contributed by atoms with Crippen molar-refractivity contribution in [1.29, 1.82) is 0 Å². The molecule has 1 aromatic carbocycles. The second kappa shape index (κ2) is 6.99. The van der Waals surface area contributed by atoms with E-state index >= 15 is 0 Å². The van der Waals surface area contributed by atoms with Crippen molar-refractivity contribution in [3.05, 3.63) is 59.9 Å². The number of carbonyl (C=O) groups excluding carboxylic acids is 1. The summed E-state index contributed by atoms with van der Waals surface area (Å²) >= 11 is 0. The lowest BCUT2D eigenvalue weighted by Crippen LogP contribution is -2.27. The first kappa shape index (κ1) is 17.5. The molecule has 138 valence electrons. The summed E-state index contributed by atoms with van der Waals surface area (Å²) in [6.45, 7) is 3.63. The van der Waals surface area contributed by atoms with Gasteiger partial charge >= 0.3 is 0 Å².